The van der Waals surface area contributed by atoms with E-state index in [0.717, 1.165) is 44.0 Å². The van der Waals surface area contributed by atoms with E-state index in [0.29, 0.717) is 24.4 Å². The molecule has 0 bridgehead atoms. The lowest BCUT2D eigenvalue weighted by atomic mass is 10.2. The quantitative estimate of drug-likeness (QED) is 0.624. The smallest absolute Gasteiger partial charge is 0.211 e. The van der Waals surface area contributed by atoms with Gasteiger partial charge in [0.2, 0.25) is 6.41 Å². The molecule has 0 spiro atoms. The first-order chi connectivity index (χ1) is 13.2. The van der Waals surface area contributed by atoms with Crippen molar-refractivity contribution >= 4 is 12.1 Å². The van der Waals surface area contributed by atoms with Crippen molar-refractivity contribution in [3.05, 3.63) is 53.9 Å². The molecule has 0 radical (unpaired) electrons. The van der Waals surface area contributed by atoms with E-state index in [1.165, 1.54) is 0 Å². The van der Waals surface area contributed by atoms with E-state index >= 15 is 0 Å². The third-order valence-corrected chi connectivity index (χ3v) is 4.45. The number of benzene rings is 1. The molecule has 27 heavy (non-hydrogen) atoms. The minimum atomic E-state index is 0.622. The summed E-state index contributed by atoms with van der Waals surface area (Å²) in [5, 5.41) is 2.54. The maximum atomic E-state index is 10.4. The molecule has 0 saturated carbocycles. The van der Waals surface area contributed by atoms with Crippen LogP contribution in [0, 0.1) is 11.8 Å². The molecule has 1 fully saturated rings. The van der Waals surface area contributed by atoms with Crippen LogP contribution in [0.1, 0.15) is 11.3 Å². The summed E-state index contributed by atoms with van der Waals surface area (Å²) in [6, 6.07) is 11.3. The molecule has 1 aromatic carbocycles. The highest BCUT2D eigenvalue weighted by Crippen LogP contribution is 2.12. The zero-order chi connectivity index (χ0) is 18.9. The number of amides is 1. The van der Waals surface area contributed by atoms with Gasteiger partial charge in [0.05, 0.1) is 11.9 Å². The molecule has 1 aliphatic heterocycles. The van der Waals surface area contributed by atoms with Crippen molar-refractivity contribution in [2.75, 3.05) is 51.7 Å². The zero-order valence-corrected chi connectivity index (χ0v) is 15.5. The number of hydrogen-bond acceptors (Lipinski definition) is 5. The van der Waals surface area contributed by atoms with Crippen LogP contribution < -0.4 is 10.1 Å². The van der Waals surface area contributed by atoms with Gasteiger partial charge in [0, 0.05) is 38.3 Å². The summed E-state index contributed by atoms with van der Waals surface area (Å²) in [5.74, 6) is 6.95. The Hall–Kier alpha value is -2.88. The second-order valence-electron chi connectivity index (χ2n) is 6.46. The molecular weight excluding hydrogens is 340 g/mol. The fraction of sp³-hybridized carbons (Fsp3) is 0.333. The van der Waals surface area contributed by atoms with E-state index < -0.39 is 0 Å². The molecule has 3 rings (SSSR count). The predicted molar refractivity (Wildman–Crippen MR) is 106 cm³/mol. The van der Waals surface area contributed by atoms with Gasteiger partial charge in [-0.3, -0.25) is 9.69 Å². The van der Waals surface area contributed by atoms with Crippen LogP contribution in [0.4, 0.5) is 5.69 Å². The Morgan fingerprint density at radius 2 is 1.89 bits per heavy atom. The van der Waals surface area contributed by atoms with Gasteiger partial charge in [-0.2, -0.15) is 0 Å². The van der Waals surface area contributed by atoms with Gasteiger partial charge in [0.15, 0.2) is 0 Å². The van der Waals surface area contributed by atoms with Gasteiger partial charge in [0.25, 0.3) is 0 Å². The number of rotatable bonds is 6. The highest BCUT2D eigenvalue weighted by atomic mass is 16.5. The zero-order valence-electron chi connectivity index (χ0n) is 15.5. The Balaban J connectivity index is 1.46. The number of hydrogen-bond donors (Lipinski definition) is 1. The maximum absolute atomic E-state index is 10.4. The van der Waals surface area contributed by atoms with Gasteiger partial charge in [-0.05, 0) is 49.4 Å². The Bertz CT molecular complexity index is 786. The average Bonchev–Trinajstić information content (AvgIpc) is 2.70. The van der Waals surface area contributed by atoms with Gasteiger partial charge in [0.1, 0.15) is 18.1 Å². The second kappa shape index (κ2) is 9.72. The van der Waals surface area contributed by atoms with Crippen LogP contribution in [0.3, 0.4) is 0 Å². The minimum Gasteiger partial charge on any atom is -0.492 e. The first kappa shape index (κ1) is 18.9. The van der Waals surface area contributed by atoms with E-state index in [2.05, 4.69) is 39.0 Å². The molecule has 2 aromatic rings. The van der Waals surface area contributed by atoms with E-state index in [9.17, 15) is 4.79 Å². The van der Waals surface area contributed by atoms with Crippen molar-refractivity contribution in [2.45, 2.75) is 0 Å². The molecule has 6 nitrogen and oxygen atoms in total. The van der Waals surface area contributed by atoms with E-state index in [4.69, 9.17) is 4.74 Å². The Kier molecular flexibility index (Phi) is 6.80. The van der Waals surface area contributed by atoms with Crippen LogP contribution >= 0.6 is 0 Å². The van der Waals surface area contributed by atoms with Crippen LogP contribution in [-0.2, 0) is 4.79 Å². The van der Waals surface area contributed by atoms with E-state index in [-0.39, 0.29) is 0 Å². The molecule has 140 valence electrons. The number of carbonyl (C=O) groups excluding carboxylic acids is 1. The molecule has 1 N–H and O–H groups in total. The van der Waals surface area contributed by atoms with Crippen LogP contribution in [-0.4, -0.2) is 67.6 Å². The Morgan fingerprint density at radius 1 is 1.11 bits per heavy atom. The van der Waals surface area contributed by atoms with Gasteiger partial charge in [-0.25, -0.2) is 4.98 Å². The maximum Gasteiger partial charge on any atom is 0.211 e. The fourth-order valence-electron chi connectivity index (χ4n) is 2.76. The molecule has 0 aliphatic carbocycles. The summed E-state index contributed by atoms with van der Waals surface area (Å²) in [7, 11) is 2.16. The third kappa shape index (κ3) is 6.10. The van der Waals surface area contributed by atoms with Gasteiger partial charge < -0.3 is 15.0 Å². The number of aromatic nitrogens is 1. The molecule has 6 heteroatoms. The summed E-state index contributed by atoms with van der Waals surface area (Å²) >= 11 is 0. The van der Waals surface area contributed by atoms with Crippen molar-refractivity contribution in [3.8, 4) is 17.6 Å². The SMILES string of the molecule is CN1CCN(CCOc2ccc(C#Cc3ccc(NC=O)cn3)cc2)CC1. The standard InChI is InChI=1S/C21H24N4O2/c1-24-10-12-25(13-11-24)14-15-27-21-8-3-18(4-9-21)2-5-19-6-7-20(16-22-19)23-17-26/h3-4,6-9,16-17H,10-15H2,1H3,(H,23,26). The summed E-state index contributed by atoms with van der Waals surface area (Å²) in [6.45, 7) is 6.11. The summed E-state index contributed by atoms with van der Waals surface area (Å²) in [5.41, 5.74) is 2.20. The van der Waals surface area contributed by atoms with Crippen molar-refractivity contribution in [1.82, 2.24) is 14.8 Å². The number of pyridine rings is 1. The molecule has 1 saturated heterocycles. The van der Waals surface area contributed by atoms with Crippen LogP contribution in [0.25, 0.3) is 0 Å². The van der Waals surface area contributed by atoms with E-state index in [1.54, 1.807) is 18.3 Å². The number of nitrogens with one attached hydrogen (secondary N) is 1. The van der Waals surface area contributed by atoms with E-state index in [1.807, 2.05) is 24.3 Å². The molecule has 1 amide bonds. The summed E-state index contributed by atoms with van der Waals surface area (Å²) in [6.07, 6.45) is 2.20. The van der Waals surface area contributed by atoms with Crippen molar-refractivity contribution in [1.29, 1.82) is 0 Å². The van der Waals surface area contributed by atoms with Crippen LogP contribution in [0.15, 0.2) is 42.6 Å². The molecule has 1 aromatic heterocycles. The molecule has 2 heterocycles. The lowest BCUT2D eigenvalue weighted by Gasteiger charge is -2.32. The average molecular weight is 364 g/mol. The normalized spacial score (nSPS) is 14.9. The Labute approximate surface area is 160 Å². The number of anilines is 1. The summed E-state index contributed by atoms with van der Waals surface area (Å²) < 4.78 is 5.84. The topological polar surface area (TPSA) is 57.7 Å². The van der Waals surface area contributed by atoms with Gasteiger partial charge in [-0.1, -0.05) is 5.92 Å². The third-order valence-electron chi connectivity index (χ3n) is 4.45. The molecule has 0 atom stereocenters. The lowest BCUT2D eigenvalue weighted by molar-refractivity contribution is -0.105. The van der Waals surface area contributed by atoms with Gasteiger partial charge >= 0.3 is 0 Å². The van der Waals surface area contributed by atoms with Crippen LogP contribution in [0.5, 0.6) is 5.75 Å². The predicted octanol–water partition coefficient (Wildman–Crippen LogP) is 1.68. The van der Waals surface area contributed by atoms with Crippen molar-refractivity contribution in [3.63, 3.8) is 0 Å². The number of likely N-dealkylation sites (N-methyl/N-ethyl adjacent to an activating group) is 1. The molecular formula is C21H24N4O2. The monoisotopic (exact) mass is 364 g/mol. The minimum absolute atomic E-state index is 0.622. The highest BCUT2D eigenvalue weighted by Gasteiger charge is 2.13. The van der Waals surface area contributed by atoms with Crippen LogP contribution in [0.2, 0.25) is 0 Å². The highest BCUT2D eigenvalue weighted by molar-refractivity contribution is 5.70. The number of piperazine rings is 1. The number of nitrogens with zero attached hydrogens (tertiary/aromatic N) is 3. The molecule has 1 aliphatic rings. The fourth-order valence-corrected chi connectivity index (χ4v) is 2.76. The van der Waals surface area contributed by atoms with Gasteiger partial charge in [-0.15, -0.1) is 0 Å². The molecule has 0 unspecified atom stereocenters. The Morgan fingerprint density at radius 3 is 2.56 bits per heavy atom. The first-order valence-electron chi connectivity index (χ1n) is 9.05. The first-order valence-corrected chi connectivity index (χ1v) is 9.05. The number of ether oxygens (including phenoxy) is 1. The summed E-state index contributed by atoms with van der Waals surface area (Å²) in [4.78, 5) is 19.4. The largest absolute Gasteiger partial charge is 0.492 e. The lowest BCUT2D eigenvalue weighted by Crippen LogP contribution is -2.45. The van der Waals surface area contributed by atoms with Crippen molar-refractivity contribution < 1.29 is 9.53 Å². The second-order valence-corrected chi connectivity index (χ2v) is 6.46. The number of carbonyl (C=O) groups is 1. The van der Waals surface area contributed by atoms with Crippen molar-refractivity contribution in [2.24, 2.45) is 0 Å².